The Kier molecular flexibility index (Phi) is 4.10. The van der Waals surface area contributed by atoms with E-state index in [2.05, 4.69) is 29.2 Å². The molecule has 1 aliphatic heterocycles. The van der Waals surface area contributed by atoms with Gasteiger partial charge in [0.15, 0.2) is 5.65 Å². The Morgan fingerprint density at radius 1 is 1.33 bits per heavy atom. The highest BCUT2D eigenvalue weighted by molar-refractivity contribution is 5.40. The molecule has 0 aromatic carbocycles. The standard InChI is InChI=1S/C16H24N4O/c1-11(2)14-10-15-18-13(9-16(21)20(15)19-14)4-3-12-5-7-17-8-6-12/h9-12,17,19H,3-8H2,1-2H3. The maximum absolute atomic E-state index is 12.2. The van der Waals surface area contributed by atoms with Crippen molar-refractivity contribution in [3.63, 3.8) is 0 Å². The molecule has 1 fully saturated rings. The van der Waals surface area contributed by atoms with Crippen LogP contribution in [0.15, 0.2) is 16.9 Å². The van der Waals surface area contributed by atoms with Crippen molar-refractivity contribution in [2.24, 2.45) is 5.92 Å². The number of piperidine rings is 1. The summed E-state index contributed by atoms with van der Waals surface area (Å²) in [7, 11) is 0. The van der Waals surface area contributed by atoms with Crippen molar-refractivity contribution >= 4 is 5.65 Å². The third-order valence-electron chi connectivity index (χ3n) is 4.41. The Labute approximate surface area is 124 Å². The normalized spacial score (nSPS) is 16.9. The summed E-state index contributed by atoms with van der Waals surface area (Å²) in [5, 5.41) is 6.52. The quantitative estimate of drug-likeness (QED) is 0.905. The Hall–Kier alpha value is -1.62. The monoisotopic (exact) mass is 288 g/mol. The van der Waals surface area contributed by atoms with Crippen molar-refractivity contribution in [3.8, 4) is 0 Å². The fraction of sp³-hybridized carbons (Fsp3) is 0.625. The van der Waals surface area contributed by atoms with Crippen LogP contribution in [0.25, 0.3) is 5.65 Å². The highest BCUT2D eigenvalue weighted by atomic mass is 16.1. The summed E-state index contributed by atoms with van der Waals surface area (Å²) in [4.78, 5) is 16.8. The molecule has 0 atom stereocenters. The van der Waals surface area contributed by atoms with Crippen molar-refractivity contribution in [2.45, 2.75) is 45.4 Å². The molecule has 0 radical (unpaired) electrons. The highest BCUT2D eigenvalue weighted by Crippen LogP contribution is 2.18. The van der Waals surface area contributed by atoms with E-state index >= 15 is 0 Å². The maximum atomic E-state index is 12.2. The van der Waals surface area contributed by atoms with Crippen LogP contribution in [0.1, 0.15) is 50.4 Å². The second kappa shape index (κ2) is 6.02. The van der Waals surface area contributed by atoms with Gasteiger partial charge in [0, 0.05) is 23.5 Å². The minimum atomic E-state index is -0.00721. The summed E-state index contributed by atoms with van der Waals surface area (Å²) in [5.41, 5.74) is 2.71. The Bertz CT molecular complexity index is 664. The molecule has 21 heavy (non-hydrogen) atoms. The fourth-order valence-electron chi connectivity index (χ4n) is 3.01. The molecule has 2 aromatic rings. The topological polar surface area (TPSA) is 62.2 Å². The minimum absolute atomic E-state index is 0.00721. The van der Waals surface area contributed by atoms with Gasteiger partial charge in [0.1, 0.15) is 0 Å². The second-order valence-corrected chi connectivity index (χ2v) is 6.38. The molecule has 2 aromatic heterocycles. The summed E-state index contributed by atoms with van der Waals surface area (Å²) in [6, 6.07) is 3.66. The first-order chi connectivity index (χ1) is 10.1. The van der Waals surface area contributed by atoms with Gasteiger partial charge in [-0.3, -0.25) is 9.89 Å². The van der Waals surface area contributed by atoms with Gasteiger partial charge in [-0.25, -0.2) is 9.50 Å². The third-order valence-corrected chi connectivity index (χ3v) is 4.41. The summed E-state index contributed by atoms with van der Waals surface area (Å²) >= 11 is 0. The molecule has 5 heteroatoms. The SMILES string of the molecule is CC(C)c1cc2nc(CCC3CCNCC3)cc(=O)n2[nH]1. The van der Waals surface area contributed by atoms with E-state index in [0.717, 1.165) is 48.9 Å². The summed E-state index contributed by atoms with van der Waals surface area (Å²) in [5.74, 6) is 1.13. The van der Waals surface area contributed by atoms with Crippen LogP contribution in [0.2, 0.25) is 0 Å². The number of H-pyrrole nitrogens is 1. The Balaban J connectivity index is 1.77. The van der Waals surface area contributed by atoms with Gasteiger partial charge < -0.3 is 5.32 Å². The van der Waals surface area contributed by atoms with Crippen LogP contribution >= 0.6 is 0 Å². The van der Waals surface area contributed by atoms with Crippen LogP contribution in [-0.4, -0.2) is 27.7 Å². The molecule has 0 spiro atoms. The molecular formula is C16H24N4O. The average molecular weight is 288 g/mol. The van der Waals surface area contributed by atoms with E-state index in [0.29, 0.717) is 5.92 Å². The van der Waals surface area contributed by atoms with Gasteiger partial charge in [-0.2, -0.15) is 0 Å². The second-order valence-electron chi connectivity index (χ2n) is 6.38. The van der Waals surface area contributed by atoms with Gasteiger partial charge in [0.2, 0.25) is 0 Å². The summed E-state index contributed by atoms with van der Waals surface area (Å²) in [6.45, 7) is 6.45. The predicted molar refractivity (Wildman–Crippen MR) is 83.8 cm³/mol. The zero-order valence-electron chi connectivity index (χ0n) is 12.9. The zero-order chi connectivity index (χ0) is 14.8. The van der Waals surface area contributed by atoms with Crippen molar-refractivity contribution in [1.29, 1.82) is 0 Å². The smallest absolute Gasteiger partial charge is 0.272 e. The molecule has 1 aliphatic rings. The van der Waals surface area contributed by atoms with E-state index < -0.39 is 0 Å². The number of hydrogen-bond acceptors (Lipinski definition) is 3. The largest absolute Gasteiger partial charge is 0.317 e. The van der Waals surface area contributed by atoms with Crippen molar-refractivity contribution < 1.29 is 0 Å². The van der Waals surface area contributed by atoms with Gasteiger partial charge in [0.05, 0.1) is 0 Å². The first-order valence-electron chi connectivity index (χ1n) is 7.96. The Morgan fingerprint density at radius 2 is 2.10 bits per heavy atom. The molecule has 3 rings (SSSR count). The van der Waals surface area contributed by atoms with Gasteiger partial charge in [-0.05, 0) is 50.6 Å². The number of fused-ring (bicyclic) bond motifs is 1. The van der Waals surface area contributed by atoms with Gasteiger partial charge >= 0.3 is 0 Å². The lowest BCUT2D eigenvalue weighted by Crippen LogP contribution is -2.28. The fourth-order valence-corrected chi connectivity index (χ4v) is 3.01. The van der Waals surface area contributed by atoms with Crippen LogP contribution in [0.5, 0.6) is 0 Å². The van der Waals surface area contributed by atoms with Crippen molar-refractivity contribution in [2.75, 3.05) is 13.1 Å². The number of aromatic nitrogens is 3. The predicted octanol–water partition coefficient (Wildman–Crippen LogP) is 2.08. The van der Waals surface area contributed by atoms with Crippen LogP contribution < -0.4 is 10.9 Å². The van der Waals surface area contributed by atoms with Gasteiger partial charge in [-0.1, -0.05) is 13.8 Å². The minimum Gasteiger partial charge on any atom is -0.317 e. The van der Waals surface area contributed by atoms with Gasteiger partial charge in [0.25, 0.3) is 5.56 Å². The molecule has 2 N–H and O–H groups in total. The molecule has 0 saturated carbocycles. The summed E-state index contributed by atoms with van der Waals surface area (Å²) in [6.07, 6.45) is 4.51. The Morgan fingerprint density at radius 3 is 2.81 bits per heavy atom. The lowest BCUT2D eigenvalue weighted by atomic mass is 9.92. The van der Waals surface area contributed by atoms with Crippen LogP contribution in [0.4, 0.5) is 0 Å². The molecule has 0 unspecified atom stereocenters. The van der Waals surface area contributed by atoms with Crippen LogP contribution in [0, 0.1) is 5.92 Å². The van der Waals surface area contributed by atoms with Crippen LogP contribution in [0.3, 0.4) is 0 Å². The zero-order valence-corrected chi connectivity index (χ0v) is 12.9. The molecule has 114 valence electrons. The van der Waals surface area contributed by atoms with Gasteiger partial charge in [-0.15, -0.1) is 0 Å². The number of hydrogen-bond donors (Lipinski definition) is 2. The molecule has 0 amide bonds. The highest BCUT2D eigenvalue weighted by Gasteiger charge is 2.14. The summed E-state index contributed by atoms with van der Waals surface area (Å²) < 4.78 is 1.55. The van der Waals surface area contributed by atoms with E-state index in [1.165, 1.54) is 12.8 Å². The lowest BCUT2D eigenvalue weighted by molar-refractivity contribution is 0.353. The van der Waals surface area contributed by atoms with E-state index in [9.17, 15) is 4.79 Å². The van der Waals surface area contributed by atoms with Crippen molar-refractivity contribution in [3.05, 3.63) is 33.9 Å². The molecule has 3 heterocycles. The molecule has 0 bridgehead atoms. The third kappa shape index (κ3) is 3.18. The number of aryl methyl sites for hydroxylation is 1. The molecular weight excluding hydrogens is 264 g/mol. The maximum Gasteiger partial charge on any atom is 0.272 e. The van der Waals surface area contributed by atoms with Crippen molar-refractivity contribution in [1.82, 2.24) is 19.9 Å². The first kappa shape index (κ1) is 14.3. The van der Waals surface area contributed by atoms with E-state index in [4.69, 9.17) is 0 Å². The van der Waals surface area contributed by atoms with E-state index in [1.54, 1.807) is 10.6 Å². The number of aromatic amines is 1. The number of rotatable bonds is 4. The first-order valence-corrected chi connectivity index (χ1v) is 7.96. The van der Waals surface area contributed by atoms with E-state index in [-0.39, 0.29) is 5.56 Å². The lowest BCUT2D eigenvalue weighted by Gasteiger charge is -2.22. The van der Waals surface area contributed by atoms with Crippen LogP contribution in [-0.2, 0) is 6.42 Å². The van der Waals surface area contributed by atoms with E-state index in [1.807, 2.05) is 6.07 Å². The number of nitrogens with zero attached hydrogens (tertiary/aromatic N) is 2. The molecule has 0 aliphatic carbocycles. The number of nitrogens with one attached hydrogen (secondary N) is 2. The molecule has 1 saturated heterocycles. The average Bonchev–Trinajstić information content (AvgIpc) is 2.91. The molecule has 5 nitrogen and oxygen atoms in total.